The number of anilines is 3. The number of esters is 1. The van der Waals surface area contributed by atoms with Crippen LogP contribution in [0, 0.1) is 5.82 Å². The van der Waals surface area contributed by atoms with Crippen molar-refractivity contribution >= 4 is 23.6 Å². The molecule has 5 N–H and O–H groups in total. The van der Waals surface area contributed by atoms with Gasteiger partial charge in [-0.2, -0.15) is 15.0 Å². The number of carbonyl (C=O) groups excluding carboxylic acids is 1. The fourth-order valence-corrected chi connectivity index (χ4v) is 4.05. The molecule has 10 nitrogen and oxygen atoms in total. The van der Waals surface area contributed by atoms with Crippen molar-refractivity contribution in [2.45, 2.75) is 44.3 Å². The van der Waals surface area contributed by atoms with Gasteiger partial charge in [-0.15, -0.1) is 0 Å². The first-order chi connectivity index (χ1) is 17.5. The largest absolute Gasteiger partial charge is 0.494 e. The predicted molar refractivity (Wildman–Crippen MR) is 134 cm³/mol. The van der Waals surface area contributed by atoms with Gasteiger partial charge in [-0.1, -0.05) is 37.3 Å². The maximum atomic E-state index is 14.2. The predicted octanol–water partition coefficient (Wildman–Crippen LogP) is 3.31. The lowest BCUT2D eigenvalue weighted by Crippen LogP contribution is -2.40. The molecule has 1 fully saturated rings. The van der Waals surface area contributed by atoms with E-state index in [1.54, 1.807) is 30.3 Å². The Morgan fingerprint density at radius 3 is 2.64 bits per heavy atom. The number of nitrogens with two attached hydrogens (primary N) is 1. The summed E-state index contributed by atoms with van der Waals surface area (Å²) in [7, 11) is 1.39. The van der Waals surface area contributed by atoms with E-state index in [1.807, 2.05) is 6.07 Å². The van der Waals surface area contributed by atoms with Gasteiger partial charge in [-0.25, -0.2) is 9.18 Å². The van der Waals surface area contributed by atoms with Gasteiger partial charge in [0, 0.05) is 23.8 Å². The fourth-order valence-electron chi connectivity index (χ4n) is 4.05. The molecule has 3 atom stereocenters. The van der Waals surface area contributed by atoms with Crippen molar-refractivity contribution in [3.8, 4) is 11.8 Å². The highest BCUT2D eigenvalue weighted by molar-refractivity contribution is 5.79. The molecule has 1 aliphatic heterocycles. The van der Waals surface area contributed by atoms with Crippen molar-refractivity contribution < 1.29 is 18.7 Å². The smallest absolute Gasteiger partial charge is 0.335 e. The first-order valence-electron chi connectivity index (χ1n) is 11.9. The van der Waals surface area contributed by atoms with Crippen LogP contribution >= 0.6 is 0 Å². The van der Waals surface area contributed by atoms with Crippen LogP contribution in [-0.2, 0) is 4.79 Å². The Labute approximate surface area is 208 Å². The number of methoxy groups -OCH3 is 1. The SMILES string of the molecule is CCC(Nc1nc(Nc2ccc(OC)c(F)c2)nc(OC(=O)C(N)c2ccccc2)n1)C1CCCN1. The van der Waals surface area contributed by atoms with E-state index in [0.717, 1.165) is 25.8 Å². The summed E-state index contributed by atoms with van der Waals surface area (Å²) in [5.41, 5.74) is 7.06. The van der Waals surface area contributed by atoms with Gasteiger partial charge in [-0.05, 0) is 43.5 Å². The van der Waals surface area contributed by atoms with E-state index in [9.17, 15) is 9.18 Å². The number of halogens is 1. The van der Waals surface area contributed by atoms with Gasteiger partial charge in [-0.3, -0.25) is 0 Å². The zero-order valence-electron chi connectivity index (χ0n) is 20.2. The van der Waals surface area contributed by atoms with Crippen LogP contribution in [0.15, 0.2) is 48.5 Å². The van der Waals surface area contributed by atoms with E-state index in [2.05, 4.69) is 37.8 Å². The minimum absolute atomic E-state index is 0.0521. The molecule has 36 heavy (non-hydrogen) atoms. The first-order valence-corrected chi connectivity index (χ1v) is 11.9. The second-order valence-corrected chi connectivity index (χ2v) is 8.41. The lowest BCUT2D eigenvalue weighted by molar-refractivity contribution is -0.136. The van der Waals surface area contributed by atoms with Crippen LogP contribution in [0.4, 0.5) is 22.0 Å². The molecule has 0 radical (unpaired) electrons. The third-order valence-corrected chi connectivity index (χ3v) is 5.97. The number of nitrogens with one attached hydrogen (secondary N) is 3. The highest BCUT2D eigenvalue weighted by Gasteiger charge is 2.25. The minimum Gasteiger partial charge on any atom is -0.494 e. The standard InChI is InChI=1S/C25H30FN7O3/c1-3-18(19-10-7-13-28-19)30-24-31-23(29-16-11-12-20(35-2)17(26)14-16)32-25(33-24)36-22(34)21(27)15-8-5-4-6-9-15/h4-6,8-9,11-12,14,18-19,21,28H,3,7,10,13,27H2,1-2H3,(H2,29,30,31,32,33). The number of carbonyl (C=O) groups is 1. The Bertz CT molecular complexity index is 1180. The Balaban J connectivity index is 1.59. The number of nitrogens with zero attached hydrogens (tertiary/aromatic N) is 3. The minimum atomic E-state index is -1.02. The molecule has 3 aromatic rings. The summed E-state index contributed by atoms with van der Waals surface area (Å²) in [6.07, 6.45) is 2.94. The van der Waals surface area contributed by atoms with Crippen LogP contribution in [0.2, 0.25) is 0 Å². The van der Waals surface area contributed by atoms with Crippen molar-refractivity contribution in [1.29, 1.82) is 0 Å². The molecule has 0 amide bonds. The number of hydrogen-bond donors (Lipinski definition) is 4. The van der Waals surface area contributed by atoms with Gasteiger partial charge in [0.25, 0.3) is 0 Å². The second kappa shape index (κ2) is 11.7. The molecule has 1 saturated heterocycles. The highest BCUT2D eigenvalue weighted by Crippen LogP contribution is 2.24. The van der Waals surface area contributed by atoms with Crippen molar-refractivity contribution in [1.82, 2.24) is 20.3 Å². The lowest BCUT2D eigenvalue weighted by atomic mass is 10.0. The maximum Gasteiger partial charge on any atom is 0.335 e. The third-order valence-electron chi connectivity index (χ3n) is 5.97. The first kappa shape index (κ1) is 25.3. The fraction of sp³-hybridized carbons (Fsp3) is 0.360. The van der Waals surface area contributed by atoms with Crippen LogP contribution in [0.25, 0.3) is 0 Å². The number of ether oxygens (including phenoxy) is 2. The maximum absolute atomic E-state index is 14.2. The summed E-state index contributed by atoms with van der Waals surface area (Å²) >= 11 is 0. The Morgan fingerprint density at radius 1 is 1.19 bits per heavy atom. The third kappa shape index (κ3) is 6.23. The zero-order valence-corrected chi connectivity index (χ0v) is 20.2. The van der Waals surface area contributed by atoms with Gasteiger partial charge in [0.1, 0.15) is 6.04 Å². The molecule has 1 aliphatic rings. The molecule has 4 rings (SSSR count). The van der Waals surface area contributed by atoms with Crippen LogP contribution in [-0.4, -0.2) is 46.7 Å². The van der Waals surface area contributed by atoms with Crippen LogP contribution in [0.1, 0.15) is 37.8 Å². The number of aromatic nitrogens is 3. The van der Waals surface area contributed by atoms with Crippen molar-refractivity contribution in [3.63, 3.8) is 0 Å². The van der Waals surface area contributed by atoms with Crippen LogP contribution in [0.5, 0.6) is 11.8 Å². The van der Waals surface area contributed by atoms with E-state index in [1.165, 1.54) is 19.2 Å². The van der Waals surface area contributed by atoms with E-state index < -0.39 is 17.8 Å². The molecule has 1 aromatic heterocycles. The van der Waals surface area contributed by atoms with Crippen LogP contribution in [0.3, 0.4) is 0 Å². The van der Waals surface area contributed by atoms with Crippen molar-refractivity contribution in [2.75, 3.05) is 24.3 Å². The number of hydrogen-bond acceptors (Lipinski definition) is 10. The van der Waals surface area contributed by atoms with Gasteiger partial charge in [0.2, 0.25) is 11.9 Å². The molecule has 190 valence electrons. The Hall–Kier alpha value is -3.83. The molecule has 3 unspecified atom stereocenters. The molecule has 11 heteroatoms. The average Bonchev–Trinajstić information content (AvgIpc) is 3.42. The van der Waals surface area contributed by atoms with Gasteiger partial charge < -0.3 is 31.2 Å². The van der Waals surface area contributed by atoms with Crippen LogP contribution < -0.4 is 31.2 Å². The molecule has 0 aliphatic carbocycles. The van der Waals surface area contributed by atoms with E-state index >= 15 is 0 Å². The quantitative estimate of drug-likeness (QED) is 0.310. The molecular formula is C25H30FN7O3. The molecule has 0 bridgehead atoms. The lowest BCUT2D eigenvalue weighted by Gasteiger charge is -2.24. The summed E-state index contributed by atoms with van der Waals surface area (Å²) in [4.78, 5) is 25.7. The molecule has 0 spiro atoms. The van der Waals surface area contributed by atoms with E-state index in [0.29, 0.717) is 11.3 Å². The average molecular weight is 496 g/mol. The van der Waals surface area contributed by atoms with Gasteiger partial charge >= 0.3 is 12.0 Å². The van der Waals surface area contributed by atoms with E-state index in [-0.39, 0.29) is 35.7 Å². The normalized spacial score (nSPS) is 16.7. The number of benzene rings is 2. The highest BCUT2D eigenvalue weighted by atomic mass is 19.1. The van der Waals surface area contributed by atoms with E-state index in [4.69, 9.17) is 15.2 Å². The summed E-state index contributed by atoms with van der Waals surface area (Å²) in [5, 5.41) is 9.73. The Kier molecular flexibility index (Phi) is 8.24. The topological polar surface area (TPSA) is 136 Å². The van der Waals surface area contributed by atoms with Crippen molar-refractivity contribution in [2.24, 2.45) is 5.73 Å². The summed E-state index contributed by atoms with van der Waals surface area (Å²) in [5.74, 6) is -0.864. The molecular weight excluding hydrogens is 465 g/mol. The molecule has 2 heterocycles. The van der Waals surface area contributed by atoms with Gasteiger partial charge in [0.15, 0.2) is 11.6 Å². The van der Waals surface area contributed by atoms with Gasteiger partial charge in [0.05, 0.1) is 7.11 Å². The molecule has 0 saturated carbocycles. The monoisotopic (exact) mass is 495 g/mol. The summed E-state index contributed by atoms with van der Waals surface area (Å²) < 4.78 is 24.6. The summed E-state index contributed by atoms with van der Waals surface area (Å²) in [6, 6.07) is 12.3. The number of rotatable bonds is 10. The van der Waals surface area contributed by atoms with Crippen molar-refractivity contribution in [3.05, 3.63) is 59.9 Å². The second-order valence-electron chi connectivity index (χ2n) is 8.41. The zero-order chi connectivity index (χ0) is 25.5. The molecule has 2 aromatic carbocycles. The summed E-state index contributed by atoms with van der Waals surface area (Å²) in [6.45, 7) is 3.02. The Morgan fingerprint density at radius 2 is 1.97 bits per heavy atom.